The lowest BCUT2D eigenvalue weighted by molar-refractivity contribution is 0.0934. The summed E-state index contributed by atoms with van der Waals surface area (Å²) in [5, 5.41) is 7.13. The number of unbranched alkanes of at least 4 members (excludes halogenated alkanes) is 1. The maximum absolute atomic E-state index is 13.0. The van der Waals surface area contributed by atoms with Gasteiger partial charge in [-0.2, -0.15) is 24.1 Å². The molecule has 0 saturated carbocycles. The molecule has 1 N–H and O–H groups in total. The Hall–Kier alpha value is -2.23. The normalized spacial score (nSPS) is 12.6. The third-order valence-electron chi connectivity index (χ3n) is 4.81. The highest BCUT2D eigenvalue weighted by molar-refractivity contribution is 7.90. The van der Waals surface area contributed by atoms with Gasteiger partial charge in [0.25, 0.3) is 5.91 Å². The fraction of sp³-hybridized carbons (Fsp3) is 0.429. The van der Waals surface area contributed by atoms with Crippen LogP contribution in [0.3, 0.4) is 0 Å². The van der Waals surface area contributed by atoms with E-state index in [-0.39, 0.29) is 28.8 Å². The second-order valence-corrected chi connectivity index (χ2v) is 10.3. The van der Waals surface area contributed by atoms with E-state index in [1.165, 1.54) is 44.9 Å². The van der Waals surface area contributed by atoms with Gasteiger partial charge in [-0.25, -0.2) is 0 Å². The minimum atomic E-state index is -3.75. The lowest BCUT2D eigenvalue weighted by Crippen LogP contribution is -2.38. The number of benzene rings is 1. The Morgan fingerprint density at radius 2 is 1.97 bits per heavy atom. The summed E-state index contributed by atoms with van der Waals surface area (Å²) in [6, 6.07) is 6.42. The molecule has 0 aliphatic rings. The fourth-order valence-corrected chi connectivity index (χ4v) is 4.57. The first kappa shape index (κ1) is 24.0. The van der Waals surface area contributed by atoms with Crippen LogP contribution in [0.5, 0.6) is 0 Å². The number of nitrogens with one attached hydrogen (secondary N) is 1. The van der Waals surface area contributed by atoms with Crippen LogP contribution >= 0.6 is 11.3 Å². The van der Waals surface area contributed by atoms with Gasteiger partial charge in [0.1, 0.15) is 6.29 Å². The average molecular weight is 452 g/mol. The molecule has 2 rings (SSSR count). The number of anilines is 1. The highest BCUT2D eigenvalue weighted by Crippen LogP contribution is 2.22. The van der Waals surface area contributed by atoms with Crippen LogP contribution in [0.15, 0.2) is 35.0 Å². The van der Waals surface area contributed by atoms with Crippen molar-refractivity contribution in [2.24, 2.45) is 0 Å². The van der Waals surface area contributed by atoms with Gasteiger partial charge in [0.2, 0.25) is 0 Å². The summed E-state index contributed by atoms with van der Waals surface area (Å²) in [6.45, 7) is 2.10. The number of thiophene rings is 1. The summed E-state index contributed by atoms with van der Waals surface area (Å²) in [6.07, 6.45) is 4.18. The summed E-state index contributed by atoms with van der Waals surface area (Å²) >= 11 is 1.62. The standard InChI is InChI=1S/C21H29N3O4S2/c1-5-6-7-19(11-16-8-9-29-15-16)22-21(26)18-10-17(14-25)12-20(13-18)24(4)30(27,28)23(2)3/h8-10,12-15,19H,5-7,11H2,1-4H3,(H,22,26)/t19-/m1/s1. The van der Waals surface area contributed by atoms with E-state index in [2.05, 4.69) is 17.6 Å². The Kier molecular flexibility index (Phi) is 8.57. The molecule has 0 bridgehead atoms. The molecule has 1 atom stereocenters. The molecule has 0 aliphatic heterocycles. The lowest BCUT2D eigenvalue weighted by atomic mass is 10.0. The number of nitrogens with zero attached hydrogens (tertiary/aromatic N) is 2. The Labute approximate surface area is 182 Å². The van der Waals surface area contributed by atoms with Crippen LogP contribution in [0.2, 0.25) is 0 Å². The second-order valence-electron chi connectivity index (χ2n) is 7.34. The van der Waals surface area contributed by atoms with Crippen molar-refractivity contribution < 1.29 is 18.0 Å². The van der Waals surface area contributed by atoms with E-state index in [4.69, 9.17) is 0 Å². The Morgan fingerprint density at radius 1 is 1.23 bits per heavy atom. The summed E-state index contributed by atoms with van der Waals surface area (Å²) in [4.78, 5) is 24.4. The Balaban J connectivity index is 2.29. The predicted molar refractivity (Wildman–Crippen MR) is 122 cm³/mol. The smallest absolute Gasteiger partial charge is 0.303 e. The zero-order chi connectivity index (χ0) is 22.3. The summed E-state index contributed by atoms with van der Waals surface area (Å²) in [5.74, 6) is -0.327. The van der Waals surface area contributed by atoms with Crippen molar-refractivity contribution in [2.75, 3.05) is 25.4 Å². The summed E-state index contributed by atoms with van der Waals surface area (Å²) in [7, 11) is 0.489. The van der Waals surface area contributed by atoms with Gasteiger partial charge in [-0.15, -0.1) is 0 Å². The maximum Gasteiger partial charge on any atom is 0.303 e. The molecule has 30 heavy (non-hydrogen) atoms. The topological polar surface area (TPSA) is 86.8 Å². The minimum absolute atomic E-state index is 0.0429. The number of rotatable bonds is 11. The van der Waals surface area contributed by atoms with Crippen molar-refractivity contribution in [1.29, 1.82) is 0 Å². The first-order chi connectivity index (χ1) is 14.2. The van der Waals surface area contributed by atoms with Crippen molar-refractivity contribution >= 4 is 39.4 Å². The van der Waals surface area contributed by atoms with Gasteiger partial charge in [0.15, 0.2) is 0 Å². The van der Waals surface area contributed by atoms with Gasteiger partial charge in [-0.1, -0.05) is 19.8 Å². The minimum Gasteiger partial charge on any atom is -0.349 e. The molecular formula is C21H29N3O4S2. The van der Waals surface area contributed by atoms with Crippen molar-refractivity contribution in [2.45, 2.75) is 38.6 Å². The average Bonchev–Trinajstić information content (AvgIpc) is 3.23. The van der Waals surface area contributed by atoms with Crippen LogP contribution in [-0.4, -0.2) is 52.1 Å². The molecule has 0 saturated heterocycles. The first-order valence-corrected chi connectivity index (χ1v) is 12.1. The van der Waals surface area contributed by atoms with Gasteiger partial charge in [-0.05, 0) is 53.4 Å². The number of hydrogen-bond acceptors (Lipinski definition) is 5. The van der Waals surface area contributed by atoms with Gasteiger partial charge in [0.05, 0.1) is 5.69 Å². The van der Waals surface area contributed by atoms with Crippen molar-refractivity contribution in [3.05, 3.63) is 51.7 Å². The molecule has 1 amide bonds. The molecule has 1 aromatic heterocycles. The number of hydrogen-bond donors (Lipinski definition) is 1. The summed E-state index contributed by atoms with van der Waals surface area (Å²) < 4.78 is 27.0. The molecule has 0 fully saturated rings. The van der Waals surface area contributed by atoms with Crippen molar-refractivity contribution in [3.8, 4) is 0 Å². The van der Waals surface area contributed by atoms with Crippen LogP contribution in [0.25, 0.3) is 0 Å². The monoisotopic (exact) mass is 451 g/mol. The molecule has 0 spiro atoms. The lowest BCUT2D eigenvalue weighted by Gasteiger charge is -2.24. The molecule has 2 aromatic rings. The quantitative estimate of drug-likeness (QED) is 0.531. The van der Waals surface area contributed by atoms with E-state index in [0.29, 0.717) is 6.29 Å². The maximum atomic E-state index is 13.0. The van der Waals surface area contributed by atoms with Gasteiger partial charge >= 0.3 is 10.2 Å². The van der Waals surface area contributed by atoms with E-state index >= 15 is 0 Å². The van der Waals surface area contributed by atoms with E-state index < -0.39 is 10.2 Å². The van der Waals surface area contributed by atoms with E-state index in [0.717, 1.165) is 34.3 Å². The molecule has 7 nitrogen and oxygen atoms in total. The highest BCUT2D eigenvalue weighted by atomic mass is 32.2. The Bertz CT molecular complexity index is 957. The number of amides is 1. The van der Waals surface area contributed by atoms with Crippen molar-refractivity contribution in [3.63, 3.8) is 0 Å². The van der Waals surface area contributed by atoms with Gasteiger partial charge in [-0.3, -0.25) is 13.9 Å². The SMILES string of the molecule is CCCC[C@H](Cc1ccsc1)NC(=O)c1cc(C=O)cc(N(C)S(=O)(=O)N(C)C)c1. The zero-order valence-corrected chi connectivity index (χ0v) is 19.4. The van der Waals surface area contributed by atoms with Crippen LogP contribution < -0.4 is 9.62 Å². The van der Waals surface area contributed by atoms with Crippen LogP contribution in [0.4, 0.5) is 5.69 Å². The fourth-order valence-electron chi connectivity index (χ4n) is 3.03. The predicted octanol–water partition coefficient (Wildman–Crippen LogP) is 3.33. The van der Waals surface area contributed by atoms with Gasteiger partial charge in [0, 0.05) is 38.3 Å². The van der Waals surface area contributed by atoms with Gasteiger partial charge < -0.3 is 5.32 Å². The summed E-state index contributed by atoms with van der Waals surface area (Å²) in [5.41, 5.74) is 1.91. The molecule has 0 aliphatic carbocycles. The van der Waals surface area contributed by atoms with E-state index in [1.54, 1.807) is 11.3 Å². The number of aldehydes is 1. The largest absolute Gasteiger partial charge is 0.349 e. The van der Waals surface area contributed by atoms with Crippen LogP contribution in [0.1, 0.15) is 52.5 Å². The Morgan fingerprint density at radius 3 is 2.53 bits per heavy atom. The number of carbonyl (C=O) groups is 2. The highest BCUT2D eigenvalue weighted by Gasteiger charge is 2.23. The third-order valence-corrected chi connectivity index (χ3v) is 7.37. The van der Waals surface area contributed by atoms with E-state index in [1.807, 2.05) is 11.4 Å². The third kappa shape index (κ3) is 6.13. The second kappa shape index (κ2) is 10.7. The molecular weight excluding hydrogens is 422 g/mol. The molecule has 0 unspecified atom stereocenters. The first-order valence-electron chi connectivity index (χ1n) is 9.77. The molecule has 1 heterocycles. The van der Waals surface area contributed by atoms with E-state index in [9.17, 15) is 18.0 Å². The van der Waals surface area contributed by atoms with Crippen LogP contribution in [0, 0.1) is 0 Å². The molecule has 164 valence electrons. The zero-order valence-electron chi connectivity index (χ0n) is 17.8. The van der Waals surface area contributed by atoms with Crippen LogP contribution in [-0.2, 0) is 16.6 Å². The molecule has 9 heteroatoms. The number of carbonyl (C=O) groups excluding carboxylic acids is 2. The molecule has 1 aromatic carbocycles. The molecule has 0 radical (unpaired) electrons. The van der Waals surface area contributed by atoms with Crippen molar-refractivity contribution in [1.82, 2.24) is 9.62 Å².